The van der Waals surface area contributed by atoms with E-state index in [1.54, 1.807) is 0 Å². The molecule has 1 N–H and O–H groups in total. The van der Waals surface area contributed by atoms with E-state index in [-0.39, 0.29) is 29.8 Å². The lowest BCUT2D eigenvalue weighted by molar-refractivity contribution is -0.141. The predicted octanol–water partition coefficient (Wildman–Crippen LogP) is 1.53. The van der Waals surface area contributed by atoms with Gasteiger partial charge in [0.2, 0.25) is 5.60 Å². The van der Waals surface area contributed by atoms with Gasteiger partial charge in [-0.3, -0.25) is 9.59 Å². The van der Waals surface area contributed by atoms with Gasteiger partial charge in [0.25, 0.3) is 5.91 Å². The van der Waals surface area contributed by atoms with E-state index in [1.165, 1.54) is 7.11 Å². The van der Waals surface area contributed by atoms with Gasteiger partial charge in [0, 0.05) is 31.0 Å². The number of hydrogen-bond acceptors (Lipinski definition) is 5. The lowest BCUT2D eigenvalue weighted by Gasteiger charge is -2.11. The van der Waals surface area contributed by atoms with Gasteiger partial charge in [-0.15, -0.1) is 0 Å². The van der Waals surface area contributed by atoms with Crippen LogP contribution in [-0.2, 0) is 19.2 Å². The molecule has 8 heteroatoms. The van der Waals surface area contributed by atoms with E-state index >= 15 is 0 Å². The van der Waals surface area contributed by atoms with Crippen molar-refractivity contribution in [2.45, 2.75) is 24.9 Å². The summed E-state index contributed by atoms with van der Waals surface area (Å²) in [4.78, 5) is 28.5. The summed E-state index contributed by atoms with van der Waals surface area (Å²) in [5.41, 5.74) is -0.447. The standard InChI is InChI=1S/C16H16F2N2O4/c1-23-13(21)3-2-4-19-15(22)16-8-12(16)14(20-24-16)9-5-10(17)7-11(18)6-9/h5-7,12H,2-4,8H2,1H3,(H,19,22). The van der Waals surface area contributed by atoms with Gasteiger partial charge < -0.3 is 14.9 Å². The minimum absolute atomic E-state index is 0.207. The number of carbonyl (C=O) groups is 2. The largest absolute Gasteiger partial charge is 0.469 e. The van der Waals surface area contributed by atoms with E-state index in [4.69, 9.17) is 4.84 Å². The summed E-state index contributed by atoms with van der Waals surface area (Å²) in [6.45, 7) is 0.301. The fourth-order valence-corrected chi connectivity index (χ4v) is 2.79. The van der Waals surface area contributed by atoms with Crippen molar-refractivity contribution in [1.29, 1.82) is 0 Å². The third-order valence-corrected chi connectivity index (χ3v) is 4.16. The molecule has 1 heterocycles. The van der Waals surface area contributed by atoms with Crippen LogP contribution in [0, 0.1) is 17.6 Å². The van der Waals surface area contributed by atoms with Gasteiger partial charge in [0.05, 0.1) is 18.7 Å². The zero-order valence-electron chi connectivity index (χ0n) is 13.0. The number of nitrogens with zero attached hydrogens (tertiary/aromatic N) is 1. The van der Waals surface area contributed by atoms with Gasteiger partial charge in [-0.1, -0.05) is 5.16 Å². The fourth-order valence-electron chi connectivity index (χ4n) is 2.79. The number of carbonyl (C=O) groups excluding carboxylic acids is 2. The fraction of sp³-hybridized carbons (Fsp3) is 0.438. The number of benzene rings is 1. The quantitative estimate of drug-likeness (QED) is 0.630. The first kappa shape index (κ1) is 16.4. The molecular weight excluding hydrogens is 322 g/mol. The molecule has 0 bridgehead atoms. The molecule has 1 fully saturated rings. The Hall–Kier alpha value is -2.51. The maximum atomic E-state index is 13.3. The Bertz CT molecular complexity index is 702. The maximum Gasteiger partial charge on any atom is 0.305 e. The molecule has 24 heavy (non-hydrogen) atoms. The summed E-state index contributed by atoms with van der Waals surface area (Å²) in [7, 11) is 1.30. The van der Waals surface area contributed by atoms with Crippen molar-refractivity contribution in [2.24, 2.45) is 11.1 Å². The van der Waals surface area contributed by atoms with Crippen molar-refractivity contribution in [1.82, 2.24) is 5.32 Å². The van der Waals surface area contributed by atoms with Gasteiger partial charge in [-0.2, -0.15) is 0 Å². The number of ether oxygens (including phenoxy) is 1. The molecule has 0 radical (unpaired) electrons. The van der Waals surface area contributed by atoms with E-state index in [2.05, 4.69) is 15.2 Å². The smallest absolute Gasteiger partial charge is 0.305 e. The molecule has 0 saturated heterocycles. The van der Waals surface area contributed by atoms with Gasteiger partial charge >= 0.3 is 5.97 Å². The van der Waals surface area contributed by atoms with Crippen LogP contribution in [0.5, 0.6) is 0 Å². The van der Waals surface area contributed by atoms with E-state index in [1.807, 2.05) is 0 Å². The van der Waals surface area contributed by atoms with Crippen molar-refractivity contribution in [3.63, 3.8) is 0 Å². The van der Waals surface area contributed by atoms with Gasteiger partial charge in [0.15, 0.2) is 0 Å². The minimum Gasteiger partial charge on any atom is -0.469 e. The van der Waals surface area contributed by atoms with Gasteiger partial charge in [0.1, 0.15) is 11.6 Å². The predicted molar refractivity (Wildman–Crippen MR) is 79.1 cm³/mol. The van der Waals surface area contributed by atoms with Gasteiger partial charge in [-0.25, -0.2) is 8.78 Å². The SMILES string of the molecule is COC(=O)CCCNC(=O)C12CC1C(c1cc(F)cc(F)c1)=NO2. The number of nitrogens with one attached hydrogen (secondary N) is 1. The molecule has 0 spiro atoms. The van der Waals surface area contributed by atoms with Crippen LogP contribution in [0.25, 0.3) is 0 Å². The van der Waals surface area contributed by atoms with Crippen LogP contribution in [0.4, 0.5) is 8.78 Å². The van der Waals surface area contributed by atoms with E-state index < -0.39 is 17.2 Å². The Balaban J connectivity index is 1.57. The minimum atomic E-state index is -1.09. The monoisotopic (exact) mass is 338 g/mol. The number of hydrogen-bond donors (Lipinski definition) is 1. The first-order valence-electron chi connectivity index (χ1n) is 7.54. The summed E-state index contributed by atoms with van der Waals surface area (Å²) in [5.74, 6) is -2.42. The second kappa shape index (κ2) is 6.18. The highest BCUT2D eigenvalue weighted by molar-refractivity contribution is 6.11. The molecule has 2 unspecified atom stereocenters. The van der Waals surface area contributed by atoms with Crippen molar-refractivity contribution in [2.75, 3.05) is 13.7 Å². The van der Waals surface area contributed by atoms with Crippen LogP contribution >= 0.6 is 0 Å². The molecule has 1 aliphatic heterocycles. The molecule has 2 aliphatic rings. The molecule has 1 amide bonds. The zero-order valence-corrected chi connectivity index (χ0v) is 13.0. The van der Waals surface area contributed by atoms with Crippen LogP contribution in [0.3, 0.4) is 0 Å². The van der Waals surface area contributed by atoms with Crippen molar-refractivity contribution in [3.05, 3.63) is 35.4 Å². The van der Waals surface area contributed by atoms with Crippen LogP contribution in [0.2, 0.25) is 0 Å². The summed E-state index contributed by atoms with van der Waals surface area (Å²) < 4.78 is 31.2. The third kappa shape index (κ3) is 2.95. The number of rotatable bonds is 6. The first-order chi connectivity index (χ1) is 11.5. The Morgan fingerprint density at radius 2 is 2.08 bits per heavy atom. The number of amides is 1. The molecule has 2 atom stereocenters. The summed E-state index contributed by atoms with van der Waals surface area (Å²) >= 11 is 0. The Morgan fingerprint density at radius 3 is 2.71 bits per heavy atom. The van der Waals surface area contributed by atoms with Crippen LogP contribution in [0.1, 0.15) is 24.8 Å². The number of oxime groups is 1. The molecule has 128 valence electrons. The molecule has 1 aromatic rings. The highest BCUT2D eigenvalue weighted by Gasteiger charge is 2.69. The first-order valence-corrected chi connectivity index (χ1v) is 7.54. The normalized spacial score (nSPS) is 23.8. The van der Waals surface area contributed by atoms with Crippen LogP contribution in [0.15, 0.2) is 23.4 Å². The molecule has 1 aromatic carbocycles. The number of methoxy groups -OCH3 is 1. The average Bonchev–Trinajstić information content (AvgIpc) is 3.16. The number of fused-ring (bicyclic) bond motifs is 1. The lowest BCUT2D eigenvalue weighted by Crippen LogP contribution is -2.38. The van der Waals surface area contributed by atoms with E-state index in [0.717, 1.165) is 18.2 Å². The third-order valence-electron chi connectivity index (χ3n) is 4.16. The highest BCUT2D eigenvalue weighted by Crippen LogP contribution is 2.53. The van der Waals surface area contributed by atoms with E-state index in [0.29, 0.717) is 25.1 Å². The molecule has 1 saturated carbocycles. The van der Waals surface area contributed by atoms with Crippen molar-refractivity contribution in [3.8, 4) is 0 Å². The summed E-state index contributed by atoms with van der Waals surface area (Å²) in [6, 6.07) is 3.09. The summed E-state index contributed by atoms with van der Waals surface area (Å²) in [6.07, 6.45) is 1.06. The van der Waals surface area contributed by atoms with Crippen LogP contribution in [-0.4, -0.2) is 36.8 Å². The average molecular weight is 338 g/mol. The topological polar surface area (TPSA) is 77.0 Å². The molecule has 0 aromatic heterocycles. The summed E-state index contributed by atoms with van der Waals surface area (Å²) in [5, 5.41) is 6.52. The van der Waals surface area contributed by atoms with Crippen LogP contribution < -0.4 is 5.32 Å². The zero-order chi connectivity index (χ0) is 17.3. The maximum absolute atomic E-state index is 13.3. The Morgan fingerprint density at radius 1 is 1.38 bits per heavy atom. The molecule has 1 aliphatic carbocycles. The molecular formula is C16H16F2N2O4. The second-order valence-electron chi connectivity index (χ2n) is 5.81. The van der Waals surface area contributed by atoms with E-state index in [9.17, 15) is 18.4 Å². The Labute approximate surface area is 136 Å². The lowest BCUT2D eigenvalue weighted by atomic mass is 10.0. The molecule has 6 nitrogen and oxygen atoms in total. The second-order valence-corrected chi connectivity index (χ2v) is 5.81. The van der Waals surface area contributed by atoms with Crippen molar-refractivity contribution >= 4 is 17.6 Å². The van der Waals surface area contributed by atoms with Crippen molar-refractivity contribution < 1.29 is 27.9 Å². The van der Waals surface area contributed by atoms with Gasteiger partial charge in [-0.05, 0) is 18.6 Å². The number of esters is 1. The highest BCUT2D eigenvalue weighted by atomic mass is 19.1. The Kier molecular flexibility index (Phi) is 4.21. The molecule has 3 rings (SSSR count). The number of halogens is 2.